The normalized spacial score (nSPS) is 36.0. The molecule has 2 aliphatic rings. The van der Waals surface area contributed by atoms with Crippen LogP contribution in [0.15, 0.2) is 18.2 Å². The summed E-state index contributed by atoms with van der Waals surface area (Å²) in [5, 5.41) is 10.1. The van der Waals surface area contributed by atoms with Gasteiger partial charge < -0.3 is 5.11 Å². The van der Waals surface area contributed by atoms with Crippen LogP contribution in [-0.2, 0) is 22.6 Å². The molecule has 3 rings (SSSR count). The smallest absolute Gasteiger partial charge is 0.385 e. The highest BCUT2D eigenvalue weighted by Crippen LogP contribution is 2.47. The second-order valence-electron chi connectivity index (χ2n) is 5.78. The molecule has 2 saturated heterocycles. The maximum Gasteiger partial charge on any atom is 0.416 e. The predicted octanol–water partition coefficient (Wildman–Crippen LogP) is 3.11. The van der Waals surface area contributed by atoms with Gasteiger partial charge in [-0.3, -0.25) is 4.21 Å². The summed E-state index contributed by atoms with van der Waals surface area (Å²) in [4.78, 5) is 0. The Morgan fingerprint density at radius 1 is 1.19 bits per heavy atom. The van der Waals surface area contributed by atoms with Gasteiger partial charge in [-0.1, -0.05) is 0 Å². The standard InChI is InChI=1S/C14H14F4O2S/c15-12-4-1-8(14(16,17)18)5-11(12)13(19)6-9-2-3-10(7-13)21(9)20/h1,4-5,9-10,19H,2-3,6-7H2. The Bertz CT molecular complexity index is 583. The molecule has 2 nitrogen and oxygen atoms in total. The van der Waals surface area contributed by atoms with E-state index in [1.54, 1.807) is 0 Å². The van der Waals surface area contributed by atoms with E-state index in [9.17, 15) is 26.9 Å². The molecule has 0 amide bonds. The van der Waals surface area contributed by atoms with Gasteiger partial charge in [0.1, 0.15) is 5.82 Å². The van der Waals surface area contributed by atoms with Crippen LogP contribution in [0.4, 0.5) is 17.6 Å². The van der Waals surface area contributed by atoms with Gasteiger partial charge in [-0.05, 0) is 43.9 Å². The Morgan fingerprint density at radius 2 is 1.76 bits per heavy atom. The van der Waals surface area contributed by atoms with E-state index in [1.165, 1.54) is 0 Å². The molecule has 2 bridgehead atoms. The molecule has 0 spiro atoms. The van der Waals surface area contributed by atoms with Crippen LogP contribution in [0.1, 0.15) is 36.8 Å². The van der Waals surface area contributed by atoms with Crippen LogP contribution in [0.2, 0.25) is 0 Å². The Balaban J connectivity index is 2.02. The molecule has 2 heterocycles. The van der Waals surface area contributed by atoms with E-state index >= 15 is 0 Å². The maximum atomic E-state index is 14.0. The number of rotatable bonds is 1. The first kappa shape index (κ1) is 15.0. The van der Waals surface area contributed by atoms with Gasteiger partial charge in [-0.15, -0.1) is 0 Å². The van der Waals surface area contributed by atoms with Crippen LogP contribution in [-0.4, -0.2) is 19.8 Å². The lowest BCUT2D eigenvalue weighted by Gasteiger charge is -2.36. The first-order valence-corrected chi connectivity index (χ1v) is 7.97. The molecule has 116 valence electrons. The van der Waals surface area contributed by atoms with Crippen molar-refractivity contribution < 1.29 is 26.9 Å². The molecule has 1 aromatic rings. The average molecular weight is 322 g/mol. The molecule has 1 N–H and O–H groups in total. The topological polar surface area (TPSA) is 37.3 Å². The fourth-order valence-corrected chi connectivity index (χ4v) is 5.52. The molecule has 2 unspecified atom stereocenters. The third-order valence-corrected chi connectivity index (χ3v) is 6.51. The van der Waals surface area contributed by atoms with E-state index < -0.39 is 34.0 Å². The number of aliphatic hydroxyl groups is 1. The van der Waals surface area contributed by atoms with Gasteiger partial charge in [-0.25, -0.2) is 4.39 Å². The first-order valence-electron chi connectivity index (χ1n) is 6.70. The van der Waals surface area contributed by atoms with Crippen LogP contribution in [0.25, 0.3) is 0 Å². The molecule has 2 fully saturated rings. The van der Waals surface area contributed by atoms with E-state index in [0.717, 1.165) is 6.07 Å². The average Bonchev–Trinajstić information content (AvgIpc) is 2.61. The molecule has 7 heteroatoms. The minimum absolute atomic E-state index is 0.0499. The second-order valence-corrected chi connectivity index (χ2v) is 7.77. The highest BCUT2D eigenvalue weighted by Gasteiger charge is 2.49. The van der Waals surface area contributed by atoms with Crippen molar-refractivity contribution in [2.45, 2.75) is 48.0 Å². The molecule has 0 radical (unpaired) electrons. The number of alkyl halides is 3. The Labute approximate surface area is 121 Å². The summed E-state index contributed by atoms with van der Waals surface area (Å²) >= 11 is 0. The summed E-state index contributed by atoms with van der Waals surface area (Å²) < 4.78 is 64.2. The van der Waals surface area contributed by atoms with Crippen LogP contribution < -0.4 is 0 Å². The Hall–Kier alpha value is -0.950. The van der Waals surface area contributed by atoms with E-state index in [-0.39, 0.29) is 28.9 Å². The van der Waals surface area contributed by atoms with Crippen molar-refractivity contribution in [2.75, 3.05) is 0 Å². The molecule has 2 atom stereocenters. The van der Waals surface area contributed by atoms with Crippen LogP contribution in [0.3, 0.4) is 0 Å². The van der Waals surface area contributed by atoms with Crippen LogP contribution in [0, 0.1) is 5.82 Å². The van der Waals surface area contributed by atoms with Gasteiger partial charge in [-0.2, -0.15) is 13.2 Å². The molecule has 0 aliphatic carbocycles. The number of hydrogen-bond acceptors (Lipinski definition) is 2. The lowest BCUT2D eigenvalue weighted by Crippen LogP contribution is -2.41. The van der Waals surface area contributed by atoms with Gasteiger partial charge in [0.15, 0.2) is 0 Å². The van der Waals surface area contributed by atoms with Crippen molar-refractivity contribution in [3.8, 4) is 0 Å². The third kappa shape index (κ3) is 2.50. The lowest BCUT2D eigenvalue weighted by atomic mass is 9.84. The van der Waals surface area contributed by atoms with Crippen LogP contribution >= 0.6 is 0 Å². The fourth-order valence-electron chi connectivity index (χ4n) is 3.36. The minimum Gasteiger partial charge on any atom is -0.385 e. The maximum absolute atomic E-state index is 14.0. The molecule has 0 saturated carbocycles. The number of benzene rings is 1. The zero-order chi connectivity index (χ0) is 15.4. The molecule has 1 aromatic carbocycles. The van der Waals surface area contributed by atoms with E-state index in [1.807, 2.05) is 0 Å². The Kier molecular flexibility index (Phi) is 3.40. The molecule has 21 heavy (non-hydrogen) atoms. The van der Waals surface area contributed by atoms with Gasteiger partial charge in [0.25, 0.3) is 0 Å². The summed E-state index contributed by atoms with van der Waals surface area (Å²) in [7, 11) is -1.07. The largest absolute Gasteiger partial charge is 0.416 e. The van der Waals surface area contributed by atoms with E-state index in [0.29, 0.717) is 25.0 Å². The van der Waals surface area contributed by atoms with E-state index in [4.69, 9.17) is 0 Å². The minimum atomic E-state index is -4.59. The van der Waals surface area contributed by atoms with Gasteiger partial charge in [0.05, 0.1) is 11.2 Å². The number of hydrogen-bond donors (Lipinski definition) is 1. The fraction of sp³-hybridized carbons (Fsp3) is 0.571. The lowest BCUT2D eigenvalue weighted by molar-refractivity contribution is -0.137. The van der Waals surface area contributed by atoms with Crippen LogP contribution in [0.5, 0.6) is 0 Å². The quantitative estimate of drug-likeness (QED) is 0.807. The number of halogens is 4. The van der Waals surface area contributed by atoms with Crippen molar-refractivity contribution in [3.05, 3.63) is 35.1 Å². The number of fused-ring (bicyclic) bond motifs is 2. The summed E-state index contributed by atoms with van der Waals surface area (Å²) in [5.74, 6) is -0.849. The van der Waals surface area contributed by atoms with Gasteiger partial charge in [0, 0.05) is 26.9 Å². The monoisotopic (exact) mass is 322 g/mol. The molecular weight excluding hydrogens is 308 g/mol. The summed E-state index contributed by atoms with van der Waals surface area (Å²) in [6.07, 6.45) is -3.15. The molecule has 0 aromatic heterocycles. The van der Waals surface area contributed by atoms with Crippen molar-refractivity contribution >= 4 is 10.8 Å². The van der Waals surface area contributed by atoms with Crippen molar-refractivity contribution in [3.63, 3.8) is 0 Å². The zero-order valence-corrected chi connectivity index (χ0v) is 11.8. The van der Waals surface area contributed by atoms with E-state index in [2.05, 4.69) is 0 Å². The highest BCUT2D eigenvalue weighted by atomic mass is 32.2. The van der Waals surface area contributed by atoms with Crippen molar-refractivity contribution in [1.29, 1.82) is 0 Å². The first-order chi connectivity index (χ1) is 9.71. The Morgan fingerprint density at radius 3 is 2.29 bits per heavy atom. The second kappa shape index (κ2) is 4.78. The molecule has 2 aliphatic heterocycles. The van der Waals surface area contributed by atoms with Crippen molar-refractivity contribution in [2.24, 2.45) is 0 Å². The van der Waals surface area contributed by atoms with Crippen molar-refractivity contribution in [1.82, 2.24) is 0 Å². The summed E-state index contributed by atoms with van der Waals surface area (Å²) in [5.41, 5.74) is -2.97. The summed E-state index contributed by atoms with van der Waals surface area (Å²) in [6, 6.07) is 2.09. The summed E-state index contributed by atoms with van der Waals surface area (Å²) in [6.45, 7) is 0. The molecular formula is C14H14F4O2S. The third-order valence-electron chi connectivity index (χ3n) is 4.39. The highest BCUT2D eigenvalue weighted by molar-refractivity contribution is 7.86. The van der Waals surface area contributed by atoms with Gasteiger partial charge >= 0.3 is 6.18 Å². The van der Waals surface area contributed by atoms with Gasteiger partial charge in [0.2, 0.25) is 0 Å². The predicted molar refractivity (Wildman–Crippen MR) is 69.5 cm³/mol. The SMILES string of the molecule is O=S1C2CCC1CC(O)(c1cc(C(F)(F)F)ccc1F)C2. The zero-order valence-electron chi connectivity index (χ0n) is 11.0.